The number of carbonyl (C=O) groups excluding carboxylic acids is 1. The minimum Gasteiger partial charge on any atom is -0.487 e. The Morgan fingerprint density at radius 3 is 0.943 bits per heavy atom. The van der Waals surface area contributed by atoms with Gasteiger partial charge in [-0.2, -0.15) is 19.8 Å². The molecule has 0 saturated carbocycles. The lowest BCUT2D eigenvalue weighted by molar-refractivity contribution is -0.260. The van der Waals surface area contributed by atoms with Crippen LogP contribution in [0.1, 0.15) is 27.7 Å². The van der Waals surface area contributed by atoms with E-state index in [0.717, 1.165) is 0 Å². The number of esters is 1. The highest BCUT2D eigenvalue weighted by Crippen LogP contribution is 2.36. The SMILES string of the molecule is C=C(OOC)Oc1ccc(Nc2nc(Nc3ccc(OCCOCCOCCOCC)c(OCCOCCOCCOCC)c3)nc(Nc3ccc(OCCOCCOCCOCC)c(OCCOCCOCCOCC)c3)n2)cc1OCC(=O)OC. The molecule has 488 valence electrons. The van der Waals surface area contributed by atoms with Gasteiger partial charge in [-0.15, -0.1) is 0 Å². The lowest BCUT2D eigenvalue weighted by Crippen LogP contribution is -2.14. The van der Waals surface area contributed by atoms with Gasteiger partial charge in [0.2, 0.25) is 17.8 Å². The molecule has 0 amide bonds. The Labute approximate surface area is 510 Å². The second-order valence-corrected chi connectivity index (χ2v) is 17.3. The molecule has 28 heteroatoms. The van der Waals surface area contributed by atoms with E-state index in [1.807, 2.05) is 27.7 Å². The molecule has 4 aromatic rings. The largest absolute Gasteiger partial charge is 0.487 e. The summed E-state index contributed by atoms with van der Waals surface area (Å²) >= 11 is 0. The van der Waals surface area contributed by atoms with Crippen molar-refractivity contribution in [3.63, 3.8) is 0 Å². The molecule has 3 aromatic carbocycles. The van der Waals surface area contributed by atoms with Gasteiger partial charge in [0.05, 0.1) is 146 Å². The van der Waals surface area contributed by atoms with Crippen molar-refractivity contribution in [2.45, 2.75) is 27.7 Å². The molecule has 0 atom stereocenters. The highest BCUT2D eigenvalue weighted by atomic mass is 17.2. The molecular weight excluding hydrogens is 1140 g/mol. The monoisotopic (exact) mass is 1230 g/mol. The van der Waals surface area contributed by atoms with Gasteiger partial charge in [0, 0.05) is 61.7 Å². The van der Waals surface area contributed by atoms with Gasteiger partial charge in [0.25, 0.3) is 0 Å². The zero-order chi connectivity index (χ0) is 62.0. The molecule has 87 heavy (non-hydrogen) atoms. The third-order valence-electron chi connectivity index (χ3n) is 10.9. The van der Waals surface area contributed by atoms with Crippen LogP contribution in [0.2, 0.25) is 0 Å². The number of nitrogens with one attached hydrogen (secondary N) is 3. The molecule has 0 fully saturated rings. The van der Waals surface area contributed by atoms with E-state index in [1.54, 1.807) is 54.6 Å². The molecule has 0 aliphatic heterocycles. The second-order valence-electron chi connectivity index (χ2n) is 17.3. The van der Waals surface area contributed by atoms with E-state index in [-0.39, 0.29) is 74.9 Å². The summed E-state index contributed by atoms with van der Waals surface area (Å²) in [6.07, 6.45) is 0. The van der Waals surface area contributed by atoms with Crippen LogP contribution in [0, 0.1) is 0 Å². The zero-order valence-corrected chi connectivity index (χ0v) is 51.2. The summed E-state index contributed by atoms with van der Waals surface area (Å²) in [5.74, 6) is 1.41. The Kier molecular flexibility index (Phi) is 40.5. The van der Waals surface area contributed by atoms with Crippen LogP contribution < -0.4 is 44.4 Å². The van der Waals surface area contributed by atoms with Crippen LogP contribution in [0.25, 0.3) is 0 Å². The Morgan fingerprint density at radius 1 is 0.368 bits per heavy atom. The van der Waals surface area contributed by atoms with E-state index in [2.05, 4.69) is 27.4 Å². The van der Waals surface area contributed by atoms with Crippen LogP contribution in [0.15, 0.2) is 67.1 Å². The first-order valence-electron chi connectivity index (χ1n) is 29.0. The first-order chi connectivity index (χ1) is 42.8. The molecule has 0 aliphatic rings. The van der Waals surface area contributed by atoms with Crippen molar-refractivity contribution in [2.75, 3.05) is 222 Å². The molecule has 28 nitrogen and oxygen atoms in total. The van der Waals surface area contributed by atoms with Crippen LogP contribution in [0.4, 0.5) is 34.9 Å². The Balaban J connectivity index is 1.63. The van der Waals surface area contributed by atoms with E-state index in [1.165, 1.54) is 14.2 Å². The van der Waals surface area contributed by atoms with Gasteiger partial charge in [-0.3, -0.25) is 4.89 Å². The lowest BCUT2D eigenvalue weighted by Gasteiger charge is -2.17. The van der Waals surface area contributed by atoms with E-state index < -0.39 is 12.6 Å². The van der Waals surface area contributed by atoms with Gasteiger partial charge in [0.15, 0.2) is 41.1 Å². The minimum absolute atomic E-state index is 0.0694. The minimum atomic E-state index is -0.636. The van der Waals surface area contributed by atoms with Crippen molar-refractivity contribution in [3.8, 4) is 34.5 Å². The predicted molar refractivity (Wildman–Crippen MR) is 319 cm³/mol. The fraction of sp³-hybridized carbons (Fsp3) is 0.593. The number of anilines is 6. The Bertz CT molecular complexity index is 2320. The maximum absolute atomic E-state index is 12.2. The van der Waals surface area contributed by atoms with Gasteiger partial charge in [0.1, 0.15) is 26.4 Å². The van der Waals surface area contributed by atoms with Gasteiger partial charge in [-0.1, -0.05) is 0 Å². The summed E-state index contributed by atoms with van der Waals surface area (Å²) in [5, 5.41) is 9.77. The number of nitrogens with zero attached hydrogens (tertiary/aromatic N) is 3. The normalized spacial score (nSPS) is 11.1. The Morgan fingerprint density at radius 2 is 0.644 bits per heavy atom. The van der Waals surface area contributed by atoms with E-state index in [4.69, 9.17) is 110 Å². The number of rotatable bonds is 57. The third-order valence-corrected chi connectivity index (χ3v) is 10.9. The highest BCUT2D eigenvalue weighted by molar-refractivity contribution is 5.71. The quantitative estimate of drug-likeness (QED) is 0.0133. The van der Waals surface area contributed by atoms with E-state index in [9.17, 15) is 4.79 Å². The number of carbonyl (C=O) groups is 1. The maximum Gasteiger partial charge on any atom is 0.343 e. The van der Waals surface area contributed by atoms with E-state index in [0.29, 0.717) is 185 Å². The number of benzene rings is 3. The smallest absolute Gasteiger partial charge is 0.343 e. The molecule has 0 unspecified atom stereocenters. The van der Waals surface area contributed by atoms with Crippen LogP contribution in [-0.4, -0.2) is 227 Å². The van der Waals surface area contributed by atoms with Gasteiger partial charge < -0.3 is 106 Å². The second kappa shape index (κ2) is 48.4. The molecule has 0 saturated heterocycles. The number of hydrogen-bond acceptors (Lipinski definition) is 28. The number of ether oxygens (including phenoxy) is 19. The molecule has 0 spiro atoms. The number of hydrogen-bond donors (Lipinski definition) is 3. The van der Waals surface area contributed by atoms with Crippen LogP contribution in [0.5, 0.6) is 34.5 Å². The van der Waals surface area contributed by atoms with Crippen molar-refractivity contribution in [1.29, 1.82) is 0 Å². The van der Waals surface area contributed by atoms with Gasteiger partial charge in [-0.25, -0.2) is 4.79 Å². The van der Waals surface area contributed by atoms with Crippen molar-refractivity contribution in [3.05, 3.63) is 67.1 Å². The summed E-state index contributed by atoms with van der Waals surface area (Å²) in [5.41, 5.74) is 1.46. The Hall–Kier alpha value is -6.64. The topological polar surface area (TPSA) is 286 Å². The standard InChI is InChI=1S/C59H90N6O22/c1-8-69-18-22-73-26-30-77-34-38-81-50-15-12-47(42-53(50)83-40-36-79-32-28-75-24-20-71-10-3)60-57-63-58(65-59(64-57)62-49-14-17-52(86-46(5)87-68-7)55(44-49)85-45-56(66)67-6)61-48-13-16-51(82-39-35-78-31-27-74-23-19-70-9-2)54(43-48)84-41-37-80-33-29-76-25-21-72-11-4/h12-17,42-44H,5,8-11,18-41,45H2,1-4,6-7H3,(H3,60,61,62,63,64,65). The van der Waals surface area contributed by atoms with Gasteiger partial charge in [-0.05, 0) is 70.7 Å². The first-order valence-corrected chi connectivity index (χ1v) is 29.0. The van der Waals surface area contributed by atoms with Crippen molar-refractivity contribution >= 4 is 40.9 Å². The van der Waals surface area contributed by atoms with Crippen LogP contribution in [0.3, 0.4) is 0 Å². The summed E-state index contributed by atoms with van der Waals surface area (Å²) in [7, 11) is 2.54. The molecule has 0 radical (unpaired) electrons. The summed E-state index contributed by atoms with van der Waals surface area (Å²) in [4.78, 5) is 36.0. The van der Waals surface area contributed by atoms with Crippen molar-refractivity contribution in [1.82, 2.24) is 15.0 Å². The molecule has 0 bridgehead atoms. The summed E-state index contributed by atoms with van der Waals surface area (Å²) in [6.45, 7) is 22.6. The summed E-state index contributed by atoms with van der Waals surface area (Å²) in [6, 6.07) is 15.3. The number of aromatic nitrogens is 3. The molecular formula is C59H90N6O22. The zero-order valence-electron chi connectivity index (χ0n) is 51.2. The molecule has 0 aliphatic carbocycles. The van der Waals surface area contributed by atoms with E-state index >= 15 is 0 Å². The van der Waals surface area contributed by atoms with Crippen LogP contribution >= 0.6 is 0 Å². The third kappa shape index (κ3) is 33.9. The molecule has 4 rings (SSSR count). The van der Waals surface area contributed by atoms with Crippen molar-refractivity contribution in [2.24, 2.45) is 0 Å². The summed E-state index contributed by atoms with van der Waals surface area (Å²) < 4.78 is 108. The van der Waals surface area contributed by atoms with Crippen LogP contribution in [-0.2, 0) is 76.1 Å². The molecule has 1 aromatic heterocycles. The fourth-order valence-corrected chi connectivity index (χ4v) is 6.96. The highest BCUT2D eigenvalue weighted by Gasteiger charge is 2.17. The van der Waals surface area contributed by atoms with Gasteiger partial charge >= 0.3 is 11.9 Å². The average Bonchev–Trinajstić information content (AvgIpc) is 3.71. The average molecular weight is 1240 g/mol. The first kappa shape index (κ1) is 72.8. The molecule has 1 heterocycles. The lowest BCUT2D eigenvalue weighted by atomic mass is 10.2. The molecule has 3 N–H and O–H groups in total. The number of methoxy groups -OCH3 is 1. The fourth-order valence-electron chi connectivity index (χ4n) is 6.96. The maximum atomic E-state index is 12.2. The predicted octanol–water partition coefficient (Wildman–Crippen LogP) is 6.88. The van der Waals surface area contributed by atoms with Crippen molar-refractivity contribution < 1.29 is 105 Å².